The van der Waals surface area contributed by atoms with E-state index in [2.05, 4.69) is 10.6 Å². The van der Waals surface area contributed by atoms with Gasteiger partial charge in [0.15, 0.2) is 0 Å². The zero-order valence-electron chi connectivity index (χ0n) is 15.5. The van der Waals surface area contributed by atoms with Crippen molar-refractivity contribution in [2.24, 2.45) is 0 Å². The first-order valence-corrected chi connectivity index (χ1v) is 8.98. The molecule has 3 aromatic carbocycles. The minimum atomic E-state index is -0.591. The topological polar surface area (TPSA) is 71.3 Å². The van der Waals surface area contributed by atoms with Crippen molar-refractivity contribution < 1.29 is 18.4 Å². The SMILES string of the molecule is Cc1cccc(C(=O)Nc2c(C(=O)Nc3cccc(F)c3)oc3ccccc23)c1. The summed E-state index contributed by atoms with van der Waals surface area (Å²) in [7, 11) is 0. The molecule has 0 aliphatic rings. The second-order valence-corrected chi connectivity index (χ2v) is 6.59. The standard InChI is InChI=1S/C23H17FN2O3/c1-14-6-4-7-15(12-14)22(27)26-20-18-10-2-3-11-19(18)29-21(20)23(28)25-17-9-5-8-16(24)13-17/h2-13H,1H3,(H,25,28)(H,26,27). The van der Waals surface area contributed by atoms with Gasteiger partial charge >= 0.3 is 0 Å². The molecule has 0 bridgehead atoms. The van der Waals surface area contributed by atoms with Crippen LogP contribution in [-0.4, -0.2) is 11.8 Å². The van der Waals surface area contributed by atoms with E-state index in [9.17, 15) is 14.0 Å². The zero-order valence-corrected chi connectivity index (χ0v) is 15.5. The number of benzene rings is 3. The molecule has 0 saturated carbocycles. The Morgan fingerprint density at radius 3 is 2.45 bits per heavy atom. The van der Waals surface area contributed by atoms with E-state index in [0.717, 1.165) is 5.56 Å². The Morgan fingerprint density at radius 2 is 1.66 bits per heavy atom. The van der Waals surface area contributed by atoms with Gasteiger partial charge in [0.2, 0.25) is 5.76 Å². The van der Waals surface area contributed by atoms with Crippen molar-refractivity contribution in [2.75, 3.05) is 10.6 Å². The summed E-state index contributed by atoms with van der Waals surface area (Å²) in [6.45, 7) is 1.89. The Balaban J connectivity index is 1.70. The summed E-state index contributed by atoms with van der Waals surface area (Å²) >= 11 is 0. The number of para-hydroxylation sites is 1. The predicted molar refractivity (Wildman–Crippen MR) is 110 cm³/mol. The number of hydrogen-bond donors (Lipinski definition) is 2. The van der Waals surface area contributed by atoms with Crippen LogP contribution in [0, 0.1) is 12.7 Å². The average molecular weight is 388 g/mol. The summed E-state index contributed by atoms with van der Waals surface area (Å²) < 4.78 is 19.1. The van der Waals surface area contributed by atoms with Gasteiger partial charge < -0.3 is 15.1 Å². The van der Waals surface area contributed by atoms with E-state index >= 15 is 0 Å². The molecule has 2 amide bonds. The number of carbonyl (C=O) groups excluding carboxylic acids is 2. The summed E-state index contributed by atoms with van der Waals surface area (Å²) in [6.07, 6.45) is 0. The monoisotopic (exact) mass is 388 g/mol. The van der Waals surface area contributed by atoms with E-state index in [4.69, 9.17) is 4.42 Å². The lowest BCUT2D eigenvalue weighted by Crippen LogP contribution is -2.17. The molecule has 0 aliphatic heterocycles. The van der Waals surface area contributed by atoms with Crippen molar-refractivity contribution in [3.05, 3.63) is 95.5 Å². The molecule has 0 aliphatic carbocycles. The molecule has 1 heterocycles. The number of fused-ring (bicyclic) bond motifs is 1. The van der Waals surface area contributed by atoms with Gasteiger partial charge in [-0.15, -0.1) is 0 Å². The highest BCUT2D eigenvalue weighted by atomic mass is 19.1. The summed E-state index contributed by atoms with van der Waals surface area (Å²) in [4.78, 5) is 25.6. The number of halogens is 1. The van der Waals surface area contributed by atoms with Crippen LogP contribution in [0.2, 0.25) is 0 Å². The van der Waals surface area contributed by atoms with Crippen molar-refractivity contribution in [1.82, 2.24) is 0 Å². The number of hydrogen-bond acceptors (Lipinski definition) is 3. The maximum atomic E-state index is 13.4. The Labute approximate surface area is 166 Å². The van der Waals surface area contributed by atoms with Crippen LogP contribution < -0.4 is 10.6 Å². The molecule has 0 radical (unpaired) electrons. The molecule has 0 saturated heterocycles. The van der Waals surface area contributed by atoms with Gasteiger partial charge in [-0.2, -0.15) is 0 Å². The number of nitrogens with one attached hydrogen (secondary N) is 2. The van der Waals surface area contributed by atoms with Gasteiger partial charge in [0.1, 0.15) is 17.1 Å². The fourth-order valence-electron chi connectivity index (χ4n) is 3.06. The maximum Gasteiger partial charge on any atom is 0.293 e. The summed E-state index contributed by atoms with van der Waals surface area (Å²) in [5.41, 5.74) is 2.41. The number of anilines is 2. The van der Waals surface area contributed by atoms with Crippen molar-refractivity contribution in [3.63, 3.8) is 0 Å². The van der Waals surface area contributed by atoms with Gasteiger partial charge in [0, 0.05) is 16.6 Å². The normalized spacial score (nSPS) is 10.7. The summed E-state index contributed by atoms with van der Waals surface area (Å²) in [5.74, 6) is -1.48. The summed E-state index contributed by atoms with van der Waals surface area (Å²) in [5, 5.41) is 5.98. The molecule has 29 heavy (non-hydrogen) atoms. The molecule has 0 unspecified atom stereocenters. The third-order valence-corrected chi connectivity index (χ3v) is 4.40. The van der Waals surface area contributed by atoms with E-state index in [1.807, 2.05) is 13.0 Å². The fraction of sp³-hybridized carbons (Fsp3) is 0.0435. The number of aryl methyl sites for hydroxylation is 1. The summed E-state index contributed by atoms with van der Waals surface area (Å²) in [6, 6.07) is 19.7. The van der Waals surface area contributed by atoms with Crippen LogP contribution in [0.25, 0.3) is 11.0 Å². The van der Waals surface area contributed by atoms with Crippen LogP contribution in [0.3, 0.4) is 0 Å². The molecule has 144 valence electrons. The van der Waals surface area contributed by atoms with Gasteiger partial charge in [-0.1, -0.05) is 35.9 Å². The van der Waals surface area contributed by atoms with Gasteiger partial charge in [-0.25, -0.2) is 4.39 Å². The lowest BCUT2D eigenvalue weighted by molar-refractivity contribution is 0.0999. The highest BCUT2D eigenvalue weighted by Gasteiger charge is 2.23. The molecule has 2 N–H and O–H groups in total. The molecule has 1 aromatic heterocycles. The van der Waals surface area contributed by atoms with Crippen molar-refractivity contribution in [2.45, 2.75) is 6.92 Å². The fourth-order valence-corrected chi connectivity index (χ4v) is 3.06. The molecule has 4 aromatic rings. The van der Waals surface area contributed by atoms with Crippen LogP contribution in [0.4, 0.5) is 15.8 Å². The Kier molecular flexibility index (Phi) is 4.83. The van der Waals surface area contributed by atoms with Gasteiger partial charge in [-0.3, -0.25) is 9.59 Å². The lowest BCUT2D eigenvalue weighted by Gasteiger charge is -2.08. The van der Waals surface area contributed by atoms with Crippen LogP contribution in [0.5, 0.6) is 0 Å². The molecule has 0 spiro atoms. The largest absolute Gasteiger partial charge is 0.449 e. The second kappa shape index (κ2) is 7.59. The predicted octanol–water partition coefficient (Wildman–Crippen LogP) is 5.38. The molecule has 4 rings (SSSR count). The van der Waals surface area contributed by atoms with Gasteiger partial charge in [0.25, 0.3) is 11.8 Å². The first-order chi connectivity index (χ1) is 14.0. The highest BCUT2D eigenvalue weighted by molar-refractivity contribution is 6.16. The van der Waals surface area contributed by atoms with E-state index < -0.39 is 11.7 Å². The minimum absolute atomic E-state index is 0.0588. The number of amides is 2. The Hall–Kier alpha value is -3.93. The first-order valence-electron chi connectivity index (χ1n) is 8.98. The van der Waals surface area contributed by atoms with Crippen LogP contribution >= 0.6 is 0 Å². The highest BCUT2D eigenvalue weighted by Crippen LogP contribution is 2.32. The van der Waals surface area contributed by atoms with Crippen LogP contribution in [-0.2, 0) is 0 Å². The van der Waals surface area contributed by atoms with Gasteiger partial charge in [-0.05, 0) is 49.4 Å². The maximum absolute atomic E-state index is 13.4. The lowest BCUT2D eigenvalue weighted by atomic mass is 10.1. The van der Waals surface area contributed by atoms with E-state index in [-0.39, 0.29) is 23.0 Å². The van der Waals surface area contributed by atoms with Crippen molar-refractivity contribution >= 4 is 34.2 Å². The van der Waals surface area contributed by atoms with Crippen LogP contribution in [0.1, 0.15) is 26.5 Å². The molecule has 6 heteroatoms. The average Bonchev–Trinajstić information content (AvgIpc) is 3.07. The number of furan rings is 1. The van der Waals surface area contributed by atoms with E-state index in [1.54, 1.807) is 48.5 Å². The number of carbonyl (C=O) groups is 2. The molecular weight excluding hydrogens is 371 g/mol. The third-order valence-electron chi connectivity index (χ3n) is 4.40. The van der Waals surface area contributed by atoms with E-state index in [0.29, 0.717) is 16.5 Å². The Bertz CT molecular complexity index is 1230. The first kappa shape index (κ1) is 18.4. The zero-order chi connectivity index (χ0) is 20.4. The van der Waals surface area contributed by atoms with Gasteiger partial charge in [0.05, 0.1) is 0 Å². The molecular formula is C23H17FN2O3. The Morgan fingerprint density at radius 1 is 0.862 bits per heavy atom. The van der Waals surface area contributed by atoms with Crippen LogP contribution in [0.15, 0.2) is 77.2 Å². The molecule has 5 nitrogen and oxygen atoms in total. The quantitative estimate of drug-likeness (QED) is 0.493. The molecule has 0 atom stereocenters. The minimum Gasteiger partial charge on any atom is -0.449 e. The number of rotatable bonds is 4. The second-order valence-electron chi connectivity index (χ2n) is 6.59. The molecule has 0 fully saturated rings. The van der Waals surface area contributed by atoms with E-state index in [1.165, 1.54) is 18.2 Å². The smallest absolute Gasteiger partial charge is 0.293 e. The van der Waals surface area contributed by atoms with Crippen molar-refractivity contribution in [1.29, 1.82) is 0 Å². The third kappa shape index (κ3) is 3.87. The van der Waals surface area contributed by atoms with Crippen molar-refractivity contribution in [3.8, 4) is 0 Å².